The SMILES string of the molecule is CCn1ncnc1CC(N)C1CCC(C)CC1. The maximum atomic E-state index is 6.33. The number of aryl methyl sites for hydroxylation is 1. The van der Waals surface area contributed by atoms with Crippen LogP contribution in [0, 0.1) is 11.8 Å². The summed E-state index contributed by atoms with van der Waals surface area (Å²) in [7, 11) is 0. The quantitative estimate of drug-likeness (QED) is 0.870. The molecule has 1 aromatic rings. The summed E-state index contributed by atoms with van der Waals surface area (Å²) in [5, 5.41) is 4.19. The zero-order chi connectivity index (χ0) is 12.3. The molecule has 1 aliphatic rings. The molecule has 1 unspecified atom stereocenters. The van der Waals surface area contributed by atoms with Crippen molar-refractivity contribution >= 4 is 0 Å². The summed E-state index contributed by atoms with van der Waals surface area (Å²) < 4.78 is 1.95. The highest BCUT2D eigenvalue weighted by Gasteiger charge is 2.24. The Morgan fingerprint density at radius 2 is 2.12 bits per heavy atom. The highest BCUT2D eigenvalue weighted by atomic mass is 15.3. The lowest BCUT2D eigenvalue weighted by molar-refractivity contribution is 0.251. The Labute approximate surface area is 104 Å². The molecule has 0 aromatic carbocycles. The van der Waals surface area contributed by atoms with Crippen LogP contribution in [0.4, 0.5) is 0 Å². The van der Waals surface area contributed by atoms with Gasteiger partial charge in [0.1, 0.15) is 12.2 Å². The van der Waals surface area contributed by atoms with E-state index in [2.05, 4.69) is 23.9 Å². The summed E-state index contributed by atoms with van der Waals surface area (Å²) in [4.78, 5) is 4.31. The molecule has 1 fully saturated rings. The van der Waals surface area contributed by atoms with Crippen LogP contribution < -0.4 is 5.73 Å². The molecule has 1 atom stereocenters. The third-order valence-corrected chi connectivity index (χ3v) is 4.08. The Morgan fingerprint density at radius 1 is 1.41 bits per heavy atom. The zero-order valence-corrected chi connectivity index (χ0v) is 11.0. The molecular formula is C13H24N4. The van der Waals surface area contributed by atoms with Gasteiger partial charge < -0.3 is 5.73 Å². The Morgan fingerprint density at radius 3 is 2.76 bits per heavy atom. The second kappa shape index (κ2) is 5.63. The van der Waals surface area contributed by atoms with Gasteiger partial charge in [0.05, 0.1) is 0 Å². The van der Waals surface area contributed by atoms with Crippen LogP contribution in [0.3, 0.4) is 0 Å². The van der Waals surface area contributed by atoms with Crippen molar-refractivity contribution in [3.8, 4) is 0 Å². The van der Waals surface area contributed by atoms with Crippen LogP contribution in [0.1, 0.15) is 45.4 Å². The van der Waals surface area contributed by atoms with Crippen molar-refractivity contribution in [3.05, 3.63) is 12.2 Å². The van der Waals surface area contributed by atoms with Crippen molar-refractivity contribution in [1.82, 2.24) is 14.8 Å². The van der Waals surface area contributed by atoms with Gasteiger partial charge in [0.25, 0.3) is 0 Å². The molecule has 0 aliphatic heterocycles. The highest BCUT2D eigenvalue weighted by Crippen LogP contribution is 2.30. The number of rotatable bonds is 4. The number of hydrogen-bond donors (Lipinski definition) is 1. The predicted octanol–water partition coefficient (Wildman–Crippen LogP) is 1.99. The van der Waals surface area contributed by atoms with E-state index in [9.17, 15) is 0 Å². The van der Waals surface area contributed by atoms with E-state index < -0.39 is 0 Å². The van der Waals surface area contributed by atoms with Crippen LogP contribution in [0.25, 0.3) is 0 Å². The van der Waals surface area contributed by atoms with Crippen molar-refractivity contribution < 1.29 is 0 Å². The van der Waals surface area contributed by atoms with Crippen LogP contribution in [0.15, 0.2) is 6.33 Å². The molecular weight excluding hydrogens is 212 g/mol. The van der Waals surface area contributed by atoms with E-state index in [0.717, 1.165) is 24.7 Å². The second-order valence-corrected chi connectivity index (χ2v) is 5.38. The summed E-state index contributed by atoms with van der Waals surface area (Å²) in [5.74, 6) is 2.60. The fourth-order valence-corrected chi connectivity index (χ4v) is 2.80. The zero-order valence-electron chi connectivity index (χ0n) is 11.0. The highest BCUT2D eigenvalue weighted by molar-refractivity contribution is 4.92. The van der Waals surface area contributed by atoms with Gasteiger partial charge in [-0.2, -0.15) is 5.10 Å². The molecule has 0 spiro atoms. The summed E-state index contributed by atoms with van der Waals surface area (Å²) in [6, 6.07) is 0.247. The van der Waals surface area contributed by atoms with Gasteiger partial charge in [-0.05, 0) is 31.6 Å². The van der Waals surface area contributed by atoms with Gasteiger partial charge >= 0.3 is 0 Å². The van der Waals surface area contributed by atoms with Gasteiger partial charge in [-0.25, -0.2) is 4.98 Å². The van der Waals surface area contributed by atoms with Gasteiger partial charge in [-0.15, -0.1) is 0 Å². The van der Waals surface area contributed by atoms with Gasteiger partial charge in [-0.1, -0.05) is 19.8 Å². The topological polar surface area (TPSA) is 56.7 Å². The first-order chi connectivity index (χ1) is 8.20. The molecule has 96 valence electrons. The first-order valence-electron chi connectivity index (χ1n) is 6.83. The van der Waals surface area contributed by atoms with E-state index >= 15 is 0 Å². The van der Waals surface area contributed by atoms with E-state index in [0.29, 0.717) is 5.92 Å². The minimum absolute atomic E-state index is 0.247. The molecule has 4 nitrogen and oxygen atoms in total. The minimum atomic E-state index is 0.247. The lowest BCUT2D eigenvalue weighted by Crippen LogP contribution is -2.35. The summed E-state index contributed by atoms with van der Waals surface area (Å²) >= 11 is 0. The monoisotopic (exact) mass is 236 g/mol. The molecule has 0 saturated heterocycles. The van der Waals surface area contributed by atoms with Crippen molar-refractivity contribution in [1.29, 1.82) is 0 Å². The summed E-state index contributed by atoms with van der Waals surface area (Å²) in [6.07, 6.45) is 7.73. The Bertz CT molecular complexity index is 339. The fraction of sp³-hybridized carbons (Fsp3) is 0.846. The molecule has 4 heteroatoms. The standard InChI is InChI=1S/C13H24N4/c1-3-17-13(15-9-16-17)8-12(14)11-6-4-10(2)5-7-11/h9-12H,3-8,14H2,1-2H3. The van der Waals surface area contributed by atoms with Crippen LogP contribution in [0.5, 0.6) is 0 Å². The number of aromatic nitrogens is 3. The second-order valence-electron chi connectivity index (χ2n) is 5.38. The van der Waals surface area contributed by atoms with E-state index in [1.54, 1.807) is 6.33 Å². The van der Waals surface area contributed by atoms with E-state index in [4.69, 9.17) is 5.73 Å². The Balaban J connectivity index is 1.90. The van der Waals surface area contributed by atoms with Gasteiger partial charge in [0.2, 0.25) is 0 Å². The van der Waals surface area contributed by atoms with Crippen LogP contribution >= 0.6 is 0 Å². The maximum Gasteiger partial charge on any atom is 0.138 e. The molecule has 2 N–H and O–H groups in total. The minimum Gasteiger partial charge on any atom is -0.327 e. The first-order valence-corrected chi connectivity index (χ1v) is 6.83. The van der Waals surface area contributed by atoms with Crippen LogP contribution in [-0.2, 0) is 13.0 Å². The largest absolute Gasteiger partial charge is 0.327 e. The summed E-state index contributed by atoms with van der Waals surface area (Å²) in [5.41, 5.74) is 6.33. The van der Waals surface area contributed by atoms with Crippen LogP contribution in [-0.4, -0.2) is 20.8 Å². The van der Waals surface area contributed by atoms with Gasteiger partial charge in [0.15, 0.2) is 0 Å². The fourth-order valence-electron chi connectivity index (χ4n) is 2.80. The maximum absolute atomic E-state index is 6.33. The van der Waals surface area contributed by atoms with Gasteiger partial charge in [-0.3, -0.25) is 4.68 Å². The molecule has 0 amide bonds. The average Bonchev–Trinajstić information content (AvgIpc) is 2.77. The van der Waals surface area contributed by atoms with Gasteiger partial charge in [0, 0.05) is 19.0 Å². The number of hydrogen-bond acceptors (Lipinski definition) is 3. The lowest BCUT2D eigenvalue weighted by Gasteiger charge is -2.30. The average molecular weight is 236 g/mol. The molecule has 1 saturated carbocycles. The van der Waals surface area contributed by atoms with Crippen LogP contribution in [0.2, 0.25) is 0 Å². The Kier molecular flexibility index (Phi) is 4.15. The summed E-state index contributed by atoms with van der Waals surface area (Å²) in [6.45, 7) is 5.31. The lowest BCUT2D eigenvalue weighted by atomic mass is 9.78. The third kappa shape index (κ3) is 3.06. The molecule has 1 aliphatic carbocycles. The van der Waals surface area contributed by atoms with Crippen molar-refractivity contribution in [3.63, 3.8) is 0 Å². The number of nitrogens with zero attached hydrogens (tertiary/aromatic N) is 3. The Hall–Kier alpha value is -0.900. The molecule has 0 bridgehead atoms. The molecule has 1 aromatic heterocycles. The molecule has 17 heavy (non-hydrogen) atoms. The smallest absolute Gasteiger partial charge is 0.138 e. The van der Waals surface area contributed by atoms with Crippen molar-refractivity contribution in [2.24, 2.45) is 17.6 Å². The predicted molar refractivity (Wildman–Crippen MR) is 68.5 cm³/mol. The molecule has 1 heterocycles. The number of nitrogens with two attached hydrogens (primary N) is 1. The third-order valence-electron chi connectivity index (χ3n) is 4.08. The molecule has 0 radical (unpaired) electrons. The van der Waals surface area contributed by atoms with Crippen molar-refractivity contribution in [2.45, 2.75) is 58.5 Å². The van der Waals surface area contributed by atoms with E-state index in [1.807, 2.05) is 4.68 Å². The van der Waals surface area contributed by atoms with E-state index in [1.165, 1.54) is 25.7 Å². The molecule has 2 rings (SSSR count). The first kappa shape index (κ1) is 12.6. The van der Waals surface area contributed by atoms with Crippen molar-refractivity contribution in [2.75, 3.05) is 0 Å². The van der Waals surface area contributed by atoms with E-state index in [-0.39, 0.29) is 6.04 Å². The normalized spacial score (nSPS) is 27.0.